The summed E-state index contributed by atoms with van der Waals surface area (Å²) in [6, 6.07) is 6.80. The maximum Gasteiger partial charge on any atom is 0.416 e. The molecule has 122 valence electrons. The Labute approximate surface area is 133 Å². The van der Waals surface area contributed by atoms with Gasteiger partial charge in [0.25, 0.3) is 5.91 Å². The van der Waals surface area contributed by atoms with Crippen LogP contribution >= 0.6 is 0 Å². The molecule has 1 amide bonds. The number of amides is 1. The van der Waals surface area contributed by atoms with Crippen LogP contribution in [0.15, 0.2) is 36.4 Å². The van der Waals surface area contributed by atoms with Crippen molar-refractivity contribution in [3.05, 3.63) is 47.5 Å². The first-order chi connectivity index (χ1) is 10.7. The highest BCUT2D eigenvalue weighted by atomic mass is 19.4. The van der Waals surface area contributed by atoms with Crippen LogP contribution in [0.2, 0.25) is 0 Å². The second-order valence-electron chi connectivity index (χ2n) is 5.96. The van der Waals surface area contributed by atoms with Crippen LogP contribution in [0.25, 0.3) is 0 Å². The van der Waals surface area contributed by atoms with E-state index in [1.165, 1.54) is 12.1 Å². The Bertz CT molecular complexity index is 643. The van der Waals surface area contributed by atoms with E-state index in [1.54, 1.807) is 11.0 Å². The molecule has 1 aromatic carbocycles. The third-order valence-electron chi connectivity index (χ3n) is 4.05. The molecule has 0 N–H and O–H groups in total. The number of nitrogens with zero attached hydrogens (tertiary/aromatic N) is 2. The number of carbonyl (C=O) groups is 1. The number of alkyl halides is 3. The van der Waals surface area contributed by atoms with Gasteiger partial charge in [0.2, 0.25) is 0 Å². The zero-order valence-electron chi connectivity index (χ0n) is 12.7. The van der Waals surface area contributed by atoms with E-state index in [1.807, 2.05) is 6.92 Å². The summed E-state index contributed by atoms with van der Waals surface area (Å²) in [5, 5.41) is 8.79. The van der Waals surface area contributed by atoms with Crippen molar-refractivity contribution in [1.82, 2.24) is 4.90 Å². The van der Waals surface area contributed by atoms with Crippen LogP contribution in [0.4, 0.5) is 13.2 Å². The van der Waals surface area contributed by atoms with Gasteiger partial charge in [-0.05, 0) is 30.0 Å². The molecule has 1 aromatic rings. The summed E-state index contributed by atoms with van der Waals surface area (Å²) >= 11 is 0. The minimum Gasteiger partial charge on any atom is -0.337 e. The zero-order chi connectivity index (χ0) is 17.2. The lowest BCUT2D eigenvalue weighted by atomic mass is 9.85. The topological polar surface area (TPSA) is 44.1 Å². The molecule has 1 aliphatic rings. The summed E-state index contributed by atoms with van der Waals surface area (Å²) < 4.78 is 37.9. The molecule has 2 rings (SSSR count). The first-order valence-corrected chi connectivity index (χ1v) is 7.27. The average Bonchev–Trinajstić information content (AvgIpc) is 2.52. The van der Waals surface area contributed by atoms with E-state index >= 15 is 0 Å². The van der Waals surface area contributed by atoms with Gasteiger partial charge < -0.3 is 4.90 Å². The molecule has 0 saturated carbocycles. The molecule has 0 bridgehead atoms. The van der Waals surface area contributed by atoms with Crippen LogP contribution in [0.1, 0.15) is 30.4 Å². The van der Waals surface area contributed by atoms with Gasteiger partial charge in [-0.2, -0.15) is 18.4 Å². The van der Waals surface area contributed by atoms with Crippen molar-refractivity contribution >= 4 is 5.91 Å². The van der Waals surface area contributed by atoms with Crippen molar-refractivity contribution < 1.29 is 18.0 Å². The van der Waals surface area contributed by atoms with Crippen molar-refractivity contribution in [2.24, 2.45) is 5.92 Å². The fourth-order valence-electron chi connectivity index (χ4n) is 2.94. The van der Waals surface area contributed by atoms with Crippen LogP contribution in [0, 0.1) is 17.2 Å². The number of hydrogen-bond donors (Lipinski definition) is 0. The highest BCUT2D eigenvalue weighted by Gasteiger charge is 2.32. The van der Waals surface area contributed by atoms with E-state index in [9.17, 15) is 18.0 Å². The Morgan fingerprint density at radius 1 is 1.30 bits per heavy atom. The number of nitriles is 1. The summed E-state index contributed by atoms with van der Waals surface area (Å²) in [7, 11) is 0. The molecular formula is C17H17F3N2O. The number of likely N-dealkylation sites (tertiary alicyclic amines) is 1. The Kier molecular flexibility index (Phi) is 4.79. The van der Waals surface area contributed by atoms with Crippen LogP contribution in [0.3, 0.4) is 0 Å². The fourth-order valence-corrected chi connectivity index (χ4v) is 2.94. The Morgan fingerprint density at radius 3 is 2.43 bits per heavy atom. The maximum absolute atomic E-state index is 12.6. The molecule has 0 spiro atoms. The van der Waals surface area contributed by atoms with Crippen LogP contribution in [0.5, 0.6) is 0 Å². The van der Waals surface area contributed by atoms with Gasteiger partial charge in [0, 0.05) is 19.0 Å². The number of carbonyl (C=O) groups excluding carboxylic acids is 1. The van der Waals surface area contributed by atoms with Gasteiger partial charge >= 0.3 is 6.18 Å². The van der Waals surface area contributed by atoms with Crippen molar-refractivity contribution in [1.29, 1.82) is 5.26 Å². The van der Waals surface area contributed by atoms with E-state index in [0.717, 1.165) is 24.1 Å². The number of piperidine rings is 1. The van der Waals surface area contributed by atoms with Gasteiger partial charge in [0.15, 0.2) is 0 Å². The molecule has 1 fully saturated rings. The molecule has 1 heterocycles. The van der Waals surface area contributed by atoms with E-state index in [0.29, 0.717) is 13.1 Å². The Hall–Kier alpha value is -2.29. The lowest BCUT2D eigenvalue weighted by Crippen LogP contribution is -2.42. The van der Waals surface area contributed by atoms with Crippen LogP contribution in [-0.2, 0) is 11.0 Å². The van der Waals surface area contributed by atoms with Gasteiger partial charge in [-0.15, -0.1) is 0 Å². The van der Waals surface area contributed by atoms with Crippen molar-refractivity contribution in [3.8, 4) is 6.07 Å². The molecule has 2 unspecified atom stereocenters. The molecule has 2 atom stereocenters. The lowest BCUT2D eigenvalue weighted by molar-refractivity contribution is -0.137. The first kappa shape index (κ1) is 17.1. The molecule has 1 aliphatic heterocycles. The van der Waals surface area contributed by atoms with E-state index in [-0.39, 0.29) is 17.4 Å². The number of rotatable bonds is 2. The Balaban J connectivity index is 2.18. The number of hydrogen-bond acceptors (Lipinski definition) is 2. The molecule has 1 saturated heterocycles. The number of halogens is 3. The van der Waals surface area contributed by atoms with Gasteiger partial charge in [-0.3, -0.25) is 4.79 Å². The molecule has 6 heteroatoms. The smallest absolute Gasteiger partial charge is 0.337 e. The van der Waals surface area contributed by atoms with Crippen molar-refractivity contribution in [2.75, 3.05) is 13.1 Å². The predicted octanol–water partition coefficient (Wildman–Crippen LogP) is 3.74. The molecule has 3 nitrogen and oxygen atoms in total. The molecule has 0 aromatic heterocycles. The molecular weight excluding hydrogens is 305 g/mol. The second-order valence-corrected chi connectivity index (χ2v) is 5.96. The highest BCUT2D eigenvalue weighted by Crippen LogP contribution is 2.34. The molecule has 0 radical (unpaired) electrons. The third-order valence-corrected chi connectivity index (χ3v) is 4.05. The molecule has 23 heavy (non-hydrogen) atoms. The standard InChI is InChI=1S/C17H17F3N2O/c1-11-7-14(10-22(9-11)16(23)12(2)8-21)13-3-5-15(6-4-13)17(18,19)20/h3-6,11,14H,2,7,9-10H2,1H3. The van der Waals surface area contributed by atoms with Crippen LogP contribution in [-0.4, -0.2) is 23.9 Å². The summed E-state index contributed by atoms with van der Waals surface area (Å²) in [5.41, 5.74) is -0.0360. The van der Waals surface area contributed by atoms with Gasteiger partial charge in [-0.1, -0.05) is 25.6 Å². The minimum absolute atomic E-state index is 0.0449. The van der Waals surface area contributed by atoms with E-state index in [2.05, 4.69) is 6.58 Å². The highest BCUT2D eigenvalue weighted by molar-refractivity contribution is 5.96. The lowest BCUT2D eigenvalue weighted by Gasteiger charge is -2.36. The first-order valence-electron chi connectivity index (χ1n) is 7.27. The van der Waals surface area contributed by atoms with E-state index in [4.69, 9.17) is 5.26 Å². The monoisotopic (exact) mass is 322 g/mol. The number of benzene rings is 1. The summed E-state index contributed by atoms with van der Waals surface area (Å²) in [6.07, 6.45) is -3.57. The summed E-state index contributed by atoms with van der Waals surface area (Å²) in [5.74, 6) is -0.251. The normalized spacial score (nSPS) is 21.6. The fraction of sp³-hybridized carbons (Fsp3) is 0.412. The molecule has 0 aliphatic carbocycles. The third kappa shape index (κ3) is 3.92. The van der Waals surface area contributed by atoms with Gasteiger partial charge in [0.1, 0.15) is 11.6 Å². The average molecular weight is 322 g/mol. The maximum atomic E-state index is 12.6. The Morgan fingerprint density at radius 2 is 1.91 bits per heavy atom. The van der Waals surface area contributed by atoms with E-state index < -0.39 is 17.6 Å². The predicted molar refractivity (Wildman–Crippen MR) is 79.3 cm³/mol. The minimum atomic E-state index is -4.36. The van der Waals surface area contributed by atoms with Crippen molar-refractivity contribution in [2.45, 2.75) is 25.4 Å². The van der Waals surface area contributed by atoms with Crippen molar-refractivity contribution in [3.63, 3.8) is 0 Å². The largest absolute Gasteiger partial charge is 0.416 e. The summed E-state index contributed by atoms with van der Waals surface area (Å²) in [6.45, 7) is 6.32. The summed E-state index contributed by atoms with van der Waals surface area (Å²) in [4.78, 5) is 13.6. The zero-order valence-corrected chi connectivity index (χ0v) is 12.7. The quantitative estimate of drug-likeness (QED) is 0.615. The van der Waals surface area contributed by atoms with Crippen LogP contribution < -0.4 is 0 Å². The van der Waals surface area contributed by atoms with Gasteiger partial charge in [-0.25, -0.2) is 0 Å². The SMILES string of the molecule is C=C(C#N)C(=O)N1CC(C)CC(c2ccc(C(F)(F)F)cc2)C1. The second kappa shape index (κ2) is 6.45. The van der Waals surface area contributed by atoms with Gasteiger partial charge in [0.05, 0.1) is 5.56 Å².